The number of benzene rings is 1. The van der Waals surface area contributed by atoms with Crippen molar-refractivity contribution < 1.29 is 4.79 Å². The Labute approximate surface area is 108 Å². The van der Waals surface area contributed by atoms with Gasteiger partial charge in [0, 0.05) is 6.04 Å². The fourth-order valence-corrected chi connectivity index (χ4v) is 1.98. The van der Waals surface area contributed by atoms with E-state index in [4.69, 9.17) is 5.26 Å². The molecule has 1 aliphatic rings. The first-order valence-corrected chi connectivity index (χ1v) is 6.42. The summed E-state index contributed by atoms with van der Waals surface area (Å²) in [6.07, 6.45) is 3.26. The zero-order valence-electron chi connectivity index (χ0n) is 10.6. The van der Waals surface area contributed by atoms with Crippen LogP contribution in [0.4, 0.5) is 0 Å². The SMILES string of the molecule is CC(CCc1ccccc1)NC(=O)C1(C#N)CC1. The third-order valence-electron chi connectivity index (χ3n) is 3.49. The second-order valence-corrected chi connectivity index (χ2v) is 5.09. The molecule has 1 atom stereocenters. The van der Waals surface area contributed by atoms with Gasteiger partial charge in [-0.1, -0.05) is 30.3 Å². The standard InChI is InChI=1S/C15H18N2O/c1-12(7-8-13-5-3-2-4-6-13)17-14(18)15(11-16)9-10-15/h2-6,12H,7-10H2,1H3,(H,17,18). The molecular formula is C15H18N2O. The van der Waals surface area contributed by atoms with Crippen LogP contribution >= 0.6 is 0 Å². The number of nitrogens with one attached hydrogen (secondary N) is 1. The number of nitriles is 1. The Kier molecular flexibility index (Phi) is 3.66. The molecule has 18 heavy (non-hydrogen) atoms. The zero-order chi connectivity index (χ0) is 13.0. The maximum absolute atomic E-state index is 11.8. The van der Waals surface area contributed by atoms with E-state index in [0.717, 1.165) is 12.8 Å². The van der Waals surface area contributed by atoms with Crippen molar-refractivity contribution in [3.8, 4) is 6.07 Å². The Morgan fingerprint density at radius 3 is 2.67 bits per heavy atom. The zero-order valence-corrected chi connectivity index (χ0v) is 10.6. The molecule has 94 valence electrons. The summed E-state index contributed by atoms with van der Waals surface area (Å²) >= 11 is 0. The number of hydrogen-bond donors (Lipinski definition) is 1. The van der Waals surface area contributed by atoms with Gasteiger partial charge in [0.1, 0.15) is 5.41 Å². The number of hydrogen-bond acceptors (Lipinski definition) is 2. The highest BCUT2D eigenvalue weighted by Crippen LogP contribution is 2.45. The van der Waals surface area contributed by atoms with Crippen molar-refractivity contribution in [3.05, 3.63) is 35.9 Å². The summed E-state index contributed by atoms with van der Waals surface area (Å²) in [7, 11) is 0. The van der Waals surface area contributed by atoms with Gasteiger partial charge in [0.25, 0.3) is 0 Å². The van der Waals surface area contributed by atoms with E-state index in [1.165, 1.54) is 5.56 Å². The van der Waals surface area contributed by atoms with E-state index in [0.29, 0.717) is 12.8 Å². The molecule has 0 radical (unpaired) electrons. The fraction of sp³-hybridized carbons (Fsp3) is 0.467. The van der Waals surface area contributed by atoms with Crippen molar-refractivity contribution in [2.75, 3.05) is 0 Å². The first-order valence-electron chi connectivity index (χ1n) is 6.42. The van der Waals surface area contributed by atoms with Crippen LogP contribution in [0.25, 0.3) is 0 Å². The normalized spacial score (nSPS) is 17.6. The average molecular weight is 242 g/mol. The van der Waals surface area contributed by atoms with Crippen molar-refractivity contribution in [2.45, 2.75) is 38.6 Å². The smallest absolute Gasteiger partial charge is 0.240 e. The third kappa shape index (κ3) is 2.89. The molecule has 1 aromatic carbocycles. The molecule has 1 aromatic rings. The highest BCUT2D eigenvalue weighted by Gasteiger charge is 2.50. The first-order chi connectivity index (χ1) is 8.66. The van der Waals surface area contributed by atoms with Crippen LogP contribution in [0.15, 0.2) is 30.3 Å². The van der Waals surface area contributed by atoms with Crippen molar-refractivity contribution in [1.82, 2.24) is 5.32 Å². The van der Waals surface area contributed by atoms with Crippen LogP contribution in [0.3, 0.4) is 0 Å². The summed E-state index contributed by atoms with van der Waals surface area (Å²) in [5.74, 6) is -0.0921. The molecule has 1 saturated carbocycles. The molecule has 1 aliphatic carbocycles. The monoisotopic (exact) mass is 242 g/mol. The number of nitrogens with zero attached hydrogens (tertiary/aromatic N) is 1. The fourth-order valence-electron chi connectivity index (χ4n) is 1.98. The van der Waals surface area contributed by atoms with E-state index < -0.39 is 5.41 Å². The molecule has 0 aliphatic heterocycles. The number of amides is 1. The van der Waals surface area contributed by atoms with E-state index >= 15 is 0 Å². The van der Waals surface area contributed by atoms with E-state index in [-0.39, 0.29) is 11.9 Å². The van der Waals surface area contributed by atoms with Crippen LogP contribution in [-0.4, -0.2) is 11.9 Å². The molecule has 0 bridgehead atoms. The van der Waals surface area contributed by atoms with Crippen LogP contribution in [0, 0.1) is 16.7 Å². The number of carbonyl (C=O) groups is 1. The van der Waals surface area contributed by atoms with Crippen molar-refractivity contribution >= 4 is 5.91 Å². The van der Waals surface area contributed by atoms with Gasteiger partial charge in [0.15, 0.2) is 0 Å². The number of aryl methyl sites for hydroxylation is 1. The van der Waals surface area contributed by atoms with Gasteiger partial charge in [-0.25, -0.2) is 0 Å². The van der Waals surface area contributed by atoms with Gasteiger partial charge in [0.05, 0.1) is 6.07 Å². The average Bonchev–Trinajstić information content (AvgIpc) is 3.18. The minimum Gasteiger partial charge on any atom is -0.352 e. The van der Waals surface area contributed by atoms with E-state index in [1.807, 2.05) is 25.1 Å². The van der Waals surface area contributed by atoms with E-state index in [2.05, 4.69) is 23.5 Å². The lowest BCUT2D eigenvalue weighted by Gasteiger charge is -2.15. The van der Waals surface area contributed by atoms with E-state index in [1.54, 1.807) is 0 Å². The maximum Gasteiger partial charge on any atom is 0.240 e. The summed E-state index contributed by atoms with van der Waals surface area (Å²) in [4.78, 5) is 11.8. The molecule has 0 aromatic heterocycles. The van der Waals surface area contributed by atoms with Crippen molar-refractivity contribution in [2.24, 2.45) is 5.41 Å². The topological polar surface area (TPSA) is 52.9 Å². The Balaban J connectivity index is 1.78. The van der Waals surface area contributed by atoms with Crippen molar-refractivity contribution in [3.63, 3.8) is 0 Å². The van der Waals surface area contributed by atoms with Gasteiger partial charge >= 0.3 is 0 Å². The molecule has 3 nitrogen and oxygen atoms in total. The first kappa shape index (κ1) is 12.6. The minimum atomic E-state index is -0.707. The molecule has 1 amide bonds. The maximum atomic E-state index is 11.8. The summed E-state index contributed by atoms with van der Waals surface area (Å²) in [5.41, 5.74) is 0.570. The molecule has 0 heterocycles. The van der Waals surface area contributed by atoms with Crippen LogP contribution in [-0.2, 0) is 11.2 Å². The summed E-state index contributed by atoms with van der Waals surface area (Å²) in [5, 5.41) is 11.9. The lowest BCUT2D eigenvalue weighted by atomic mass is 10.0. The Morgan fingerprint density at radius 1 is 1.44 bits per heavy atom. The summed E-state index contributed by atoms with van der Waals surface area (Å²) in [6.45, 7) is 1.99. The van der Waals surface area contributed by atoms with Gasteiger partial charge in [-0.3, -0.25) is 4.79 Å². The Hall–Kier alpha value is -1.82. The highest BCUT2D eigenvalue weighted by atomic mass is 16.2. The quantitative estimate of drug-likeness (QED) is 0.862. The number of carbonyl (C=O) groups excluding carboxylic acids is 1. The van der Waals surface area contributed by atoms with Gasteiger partial charge in [-0.05, 0) is 38.2 Å². The van der Waals surface area contributed by atoms with Gasteiger partial charge < -0.3 is 5.32 Å². The molecule has 3 heteroatoms. The molecule has 1 unspecified atom stereocenters. The Morgan fingerprint density at radius 2 is 2.11 bits per heavy atom. The minimum absolute atomic E-state index is 0.0921. The largest absolute Gasteiger partial charge is 0.352 e. The lowest BCUT2D eigenvalue weighted by Crippen LogP contribution is -2.38. The second-order valence-electron chi connectivity index (χ2n) is 5.09. The van der Waals surface area contributed by atoms with Crippen LogP contribution in [0.2, 0.25) is 0 Å². The molecule has 0 saturated heterocycles. The molecular weight excluding hydrogens is 224 g/mol. The summed E-state index contributed by atoms with van der Waals surface area (Å²) in [6, 6.07) is 12.5. The van der Waals surface area contributed by atoms with E-state index in [9.17, 15) is 4.79 Å². The molecule has 1 fully saturated rings. The van der Waals surface area contributed by atoms with Crippen LogP contribution < -0.4 is 5.32 Å². The van der Waals surface area contributed by atoms with Gasteiger partial charge in [-0.2, -0.15) is 5.26 Å². The van der Waals surface area contributed by atoms with Gasteiger partial charge in [0.2, 0.25) is 5.91 Å². The highest BCUT2D eigenvalue weighted by molar-refractivity contribution is 5.88. The van der Waals surface area contributed by atoms with Crippen molar-refractivity contribution in [1.29, 1.82) is 5.26 Å². The predicted octanol–water partition coefficient (Wildman–Crippen LogP) is 2.43. The Bertz CT molecular complexity index is 457. The molecule has 1 N–H and O–H groups in total. The third-order valence-corrected chi connectivity index (χ3v) is 3.49. The number of rotatable bonds is 5. The summed E-state index contributed by atoms with van der Waals surface area (Å²) < 4.78 is 0. The second kappa shape index (κ2) is 5.22. The predicted molar refractivity (Wildman–Crippen MR) is 69.6 cm³/mol. The van der Waals surface area contributed by atoms with Gasteiger partial charge in [-0.15, -0.1) is 0 Å². The van der Waals surface area contributed by atoms with Crippen LogP contribution in [0.1, 0.15) is 31.7 Å². The molecule has 2 rings (SSSR count). The lowest BCUT2D eigenvalue weighted by molar-refractivity contribution is -0.125. The molecule has 0 spiro atoms. The van der Waals surface area contributed by atoms with Crippen LogP contribution in [0.5, 0.6) is 0 Å².